The molecule has 1 N–H and O–H groups in total. The van der Waals surface area contributed by atoms with Gasteiger partial charge in [0.05, 0.1) is 26.6 Å². The van der Waals surface area contributed by atoms with Crippen LogP contribution in [0.5, 0.6) is 11.5 Å². The Kier molecular flexibility index (Phi) is 6.68. The summed E-state index contributed by atoms with van der Waals surface area (Å²) < 4.78 is 27.2. The fourth-order valence-electron chi connectivity index (χ4n) is 3.27. The maximum atomic E-state index is 13.1. The van der Waals surface area contributed by atoms with Gasteiger partial charge in [-0.25, -0.2) is 14.4 Å². The summed E-state index contributed by atoms with van der Waals surface area (Å²) in [7, 11) is 3.30. The highest BCUT2D eigenvalue weighted by Crippen LogP contribution is 2.38. The monoisotopic (exact) mass is 377 g/mol. The molecule has 1 saturated carbocycles. The van der Waals surface area contributed by atoms with E-state index in [1.54, 1.807) is 26.2 Å². The summed E-state index contributed by atoms with van der Waals surface area (Å²) in [6.45, 7) is 0.686. The van der Waals surface area contributed by atoms with Crippen molar-refractivity contribution < 1.29 is 13.9 Å². The van der Waals surface area contributed by atoms with E-state index in [9.17, 15) is 4.39 Å². The number of hydrogen-bond acceptors (Lipinski definition) is 6. The Hall–Kier alpha value is -1.86. The molecule has 0 saturated heterocycles. The Morgan fingerprint density at radius 3 is 2.65 bits per heavy atom. The number of methoxy groups -OCH3 is 2. The first-order valence-corrected chi connectivity index (χ1v) is 9.66. The quantitative estimate of drug-likeness (QED) is 0.733. The predicted octanol–water partition coefficient (Wildman–Crippen LogP) is 4.10. The summed E-state index contributed by atoms with van der Waals surface area (Å²) in [5, 5.41) is 0.374. The number of nitrogens with zero attached hydrogens (tertiary/aromatic N) is 2. The largest absolute Gasteiger partial charge is 0.497 e. The van der Waals surface area contributed by atoms with Crippen molar-refractivity contribution in [1.29, 1.82) is 0 Å². The van der Waals surface area contributed by atoms with Crippen molar-refractivity contribution in [3.63, 3.8) is 0 Å². The lowest BCUT2D eigenvalue weighted by molar-refractivity contribution is 0.391. The zero-order chi connectivity index (χ0) is 18.4. The third-order valence-corrected chi connectivity index (χ3v) is 5.84. The number of ether oxygens (including phenoxy) is 2. The van der Waals surface area contributed by atoms with Crippen LogP contribution in [0, 0.1) is 5.82 Å². The molecule has 140 valence electrons. The molecule has 0 amide bonds. The second-order valence-corrected chi connectivity index (χ2v) is 7.44. The number of halogens is 1. The van der Waals surface area contributed by atoms with Gasteiger partial charge in [0.2, 0.25) is 0 Å². The van der Waals surface area contributed by atoms with Crippen molar-refractivity contribution in [2.45, 2.75) is 43.4 Å². The Bertz CT molecular complexity index is 714. The van der Waals surface area contributed by atoms with E-state index in [1.165, 1.54) is 18.8 Å². The lowest BCUT2D eigenvalue weighted by Crippen LogP contribution is -2.25. The molecule has 0 aliphatic heterocycles. The topological polar surface area (TPSA) is 56.3 Å². The molecule has 2 unspecified atom stereocenters. The fourth-order valence-corrected chi connectivity index (χ4v) is 4.43. The van der Waals surface area contributed by atoms with Crippen LogP contribution in [0.25, 0.3) is 0 Å². The highest BCUT2D eigenvalue weighted by Gasteiger charge is 2.29. The molecular formula is C19H24FN3O2S. The smallest absolute Gasteiger partial charge is 0.159 e. The predicted molar refractivity (Wildman–Crippen MR) is 101 cm³/mol. The molecule has 1 aliphatic rings. The third kappa shape index (κ3) is 4.65. The number of nitrogens with one attached hydrogen (secondary N) is 1. The van der Waals surface area contributed by atoms with E-state index in [0.717, 1.165) is 42.1 Å². The minimum atomic E-state index is -0.390. The van der Waals surface area contributed by atoms with Gasteiger partial charge in [-0.2, -0.15) is 0 Å². The van der Waals surface area contributed by atoms with Crippen molar-refractivity contribution in [3.05, 3.63) is 47.8 Å². The van der Waals surface area contributed by atoms with Gasteiger partial charge in [-0.3, -0.25) is 4.72 Å². The number of rotatable bonds is 7. The second kappa shape index (κ2) is 9.19. The normalized spacial score (nSPS) is 20.0. The van der Waals surface area contributed by atoms with Crippen LogP contribution < -0.4 is 14.2 Å². The number of aromatic nitrogens is 2. The molecule has 1 aromatic carbocycles. The SMILES string of the molecule is COc1ccc(CNSC2CCCCC2c2ncc(F)cn2)c(OC)c1. The Labute approximate surface area is 157 Å². The van der Waals surface area contributed by atoms with Gasteiger partial charge >= 0.3 is 0 Å². The highest BCUT2D eigenvalue weighted by atomic mass is 32.2. The fraction of sp³-hybridized carbons (Fsp3) is 0.474. The second-order valence-electron chi connectivity index (χ2n) is 6.31. The molecule has 1 heterocycles. The highest BCUT2D eigenvalue weighted by molar-refractivity contribution is 7.98. The van der Waals surface area contributed by atoms with Gasteiger partial charge in [-0.05, 0) is 18.9 Å². The average molecular weight is 377 g/mol. The van der Waals surface area contributed by atoms with Crippen LogP contribution in [0.2, 0.25) is 0 Å². The molecule has 2 aromatic rings. The Balaban J connectivity index is 1.61. The maximum Gasteiger partial charge on any atom is 0.159 e. The van der Waals surface area contributed by atoms with E-state index in [-0.39, 0.29) is 5.92 Å². The molecule has 7 heteroatoms. The standard InChI is InChI=1S/C19H24FN3O2S/c1-24-15-8-7-13(17(9-15)25-2)10-23-26-18-6-4-3-5-16(18)19-21-11-14(20)12-22-19/h7-9,11-12,16,18,23H,3-6,10H2,1-2H3. The van der Waals surface area contributed by atoms with Crippen LogP contribution >= 0.6 is 11.9 Å². The summed E-state index contributed by atoms with van der Waals surface area (Å²) >= 11 is 1.72. The van der Waals surface area contributed by atoms with Crippen LogP contribution in [-0.4, -0.2) is 29.4 Å². The van der Waals surface area contributed by atoms with Crippen molar-refractivity contribution in [2.75, 3.05) is 14.2 Å². The van der Waals surface area contributed by atoms with Gasteiger partial charge in [0.1, 0.15) is 17.3 Å². The van der Waals surface area contributed by atoms with E-state index in [0.29, 0.717) is 11.8 Å². The third-order valence-electron chi connectivity index (χ3n) is 4.67. The minimum absolute atomic E-state index is 0.250. The first-order chi connectivity index (χ1) is 12.7. The zero-order valence-corrected chi connectivity index (χ0v) is 15.9. The van der Waals surface area contributed by atoms with Crippen LogP contribution in [0.15, 0.2) is 30.6 Å². The molecule has 1 fully saturated rings. The Morgan fingerprint density at radius 1 is 1.15 bits per heavy atom. The van der Waals surface area contributed by atoms with Gasteiger partial charge in [0, 0.05) is 29.3 Å². The van der Waals surface area contributed by atoms with Gasteiger partial charge in [0.15, 0.2) is 5.82 Å². The van der Waals surface area contributed by atoms with E-state index in [4.69, 9.17) is 9.47 Å². The average Bonchev–Trinajstić information content (AvgIpc) is 2.69. The zero-order valence-electron chi connectivity index (χ0n) is 15.1. The lowest BCUT2D eigenvalue weighted by Gasteiger charge is -2.29. The van der Waals surface area contributed by atoms with Crippen LogP contribution in [0.4, 0.5) is 4.39 Å². The van der Waals surface area contributed by atoms with Crippen molar-refractivity contribution in [3.8, 4) is 11.5 Å². The van der Waals surface area contributed by atoms with E-state index in [2.05, 4.69) is 14.7 Å². The molecule has 3 rings (SSSR count). The molecule has 1 aromatic heterocycles. The summed E-state index contributed by atoms with van der Waals surface area (Å²) in [6.07, 6.45) is 7.01. The molecule has 1 aliphatic carbocycles. The number of hydrogen-bond donors (Lipinski definition) is 1. The van der Waals surface area contributed by atoms with Gasteiger partial charge in [-0.1, -0.05) is 30.9 Å². The van der Waals surface area contributed by atoms with Crippen LogP contribution in [0.3, 0.4) is 0 Å². The van der Waals surface area contributed by atoms with Crippen molar-refractivity contribution in [1.82, 2.24) is 14.7 Å². The number of benzene rings is 1. The molecule has 0 spiro atoms. The lowest BCUT2D eigenvalue weighted by atomic mass is 9.88. The molecular weight excluding hydrogens is 353 g/mol. The first kappa shape index (κ1) is 18.9. The summed E-state index contributed by atoms with van der Waals surface area (Å²) in [6, 6.07) is 5.82. The van der Waals surface area contributed by atoms with E-state index >= 15 is 0 Å². The van der Waals surface area contributed by atoms with Gasteiger partial charge in [-0.15, -0.1) is 0 Å². The first-order valence-electron chi connectivity index (χ1n) is 8.78. The van der Waals surface area contributed by atoms with Gasteiger partial charge in [0.25, 0.3) is 0 Å². The van der Waals surface area contributed by atoms with Crippen LogP contribution in [0.1, 0.15) is 43.0 Å². The molecule has 0 bridgehead atoms. The summed E-state index contributed by atoms with van der Waals surface area (Å²) in [5.74, 6) is 2.18. The van der Waals surface area contributed by atoms with E-state index < -0.39 is 5.82 Å². The van der Waals surface area contributed by atoms with Crippen LogP contribution in [-0.2, 0) is 6.54 Å². The van der Waals surface area contributed by atoms with Gasteiger partial charge < -0.3 is 9.47 Å². The van der Waals surface area contributed by atoms with Crippen molar-refractivity contribution in [2.24, 2.45) is 0 Å². The maximum absolute atomic E-state index is 13.1. The Morgan fingerprint density at radius 2 is 1.92 bits per heavy atom. The molecule has 5 nitrogen and oxygen atoms in total. The summed E-state index contributed by atoms with van der Waals surface area (Å²) in [5.41, 5.74) is 1.08. The molecule has 26 heavy (non-hydrogen) atoms. The van der Waals surface area contributed by atoms with Crippen molar-refractivity contribution >= 4 is 11.9 Å². The molecule has 0 radical (unpaired) electrons. The molecule has 2 atom stereocenters. The minimum Gasteiger partial charge on any atom is -0.497 e. The summed E-state index contributed by atoms with van der Waals surface area (Å²) in [4.78, 5) is 8.41. The van der Waals surface area contributed by atoms with E-state index in [1.807, 2.05) is 18.2 Å².